The normalized spacial score (nSPS) is 11.8. The van der Waals surface area contributed by atoms with E-state index in [0.717, 1.165) is 21.5 Å². The summed E-state index contributed by atoms with van der Waals surface area (Å²) < 4.78 is 37.7. The predicted molar refractivity (Wildman–Crippen MR) is 120 cm³/mol. The van der Waals surface area contributed by atoms with Crippen LogP contribution in [0.15, 0.2) is 108 Å². The lowest BCUT2D eigenvalue weighted by molar-refractivity contribution is 0.464. The number of hydrogen-bond donors (Lipinski definition) is 0. The van der Waals surface area contributed by atoms with Gasteiger partial charge in [-0.2, -0.15) is 0 Å². The van der Waals surface area contributed by atoms with E-state index >= 15 is 0 Å². The minimum Gasteiger partial charge on any atom is -0.744 e. The van der Waals surface area contributed by atoms with Crippen molar-refractivity contribution in [3.8, 4) is 22.3 Å². The summed E-state index contributed by atoms with van der Waals surface area (Å²) in [5.74, 6) is 0. The highest BCUT2D eigenvalue weighted by molar-refractivity contribution is 7.86. The van der Waals surface area contributed by atoms with Crippen molar-refractivity contribution in [3.05, 3.63) is 103 Å². The summed E-state index contributed by atoms with van der Waals surface area (Å²) in [6, 6.07) is 32.2. The van der Waals surface area contributed by atoms with E-state index in [1.165, 1.54) is 0 Å². The van der Waals surface area contributed by atoms with Gasteiger partial charge in [-0.3, -0.25) is 0 Å². The van der Waals surface area contributed by atoms with Gasteiger partial charge in [0.25, 0.3) is 0 Å². The Labute approximate surface area is 175 Å². The lowest BCUT2D eigenvalue weighted by atomic mass is 9.91. The third kappa shape index (κ3) is 3.16. The molecule has 0 unspecified atom stereocenters. The minimum absolute atomic E-state index is 0.178. The van der Waals surface area contributed by atoms with Crippen LogP contribution in [-0.2, 0) is 10.1 Å². The molecule has 0 saturated carbocycles. The summed E-state index contributed by atoms with van der Waals surface area (Å²) in [4.78, 5) is -0.178. The summed E-state index contributed by atoms with van der Waals surface area (Å²) >= 11 is 0. The Kier molecular flexibility index (Phi) is 4.39. The van der Waals surface area contributed by atoms with Crippen molar-refractivity contribution >= 4 is 31.7 Å². The smallest absolute Gasteiger partial charge is 0.125 e. The van der Waals surface area contributed by atoms with Crippen molar-refractivity contribution < 1.29 is 13.0 Å². The monoisotopic (exact) mass is 409 g/mol. The van der Waals surface area contributed by atoms with Crippen LogP contribution in [0, 0.1) is 0 Å². The third-order valence-electron chi connectivity index (χ3n) is 5.36. The fraction of sp³-hybridized carbons (Fsp3) is 0. The van der Waals surface area contributed by atoms with Gasteiger partial charge in [-0.1, -0.05) is 84.9 Å². The van der Waals surface area contributed by atoms with Crippen LogP contribution in [0.4, 0.5) is 0 Å². The van der Waals surface area contributed by atoms with Crippen LogP contribution in [0.2, 0.25) is 0 Å². The summed E-state index contributed by atoms with van der Waals surface area (Å²) in [6.45, 7) is 0. The second kappa shape index (κ2) is 7.10. The first-order valence-electron chi connectivity index (χ1n) is 9.58. The molecule has 0 N–H and O–H groups in total. The average Bonchev–Trinajstić information content (AvgIpc) is 2.77. The molecule has 4 heteroatoms. The van der Waals surface area contributed by atoms with Gasteiger partial charge in [-0.15, -0.1) is 0 Å². The second-order valence-electron chi connectivity index (χ2n) is 7.23. The molecule has 0 spiro atoms. The highest BCUT2D eigenvalue weighted by Crippen LogP contribution is 2.42. The van der Waals surface area contributed by atoms with Crippen LogP contribution in [0.1, 0.15) is 0 Å². The molecular formula is C26H17O3S-. The van der Waals surface area contributed by atoms with Gasteiger partial charge >= 0.3 is 0 Å². The van der Waals surface area contributed by atoms with E-state index in [-0.39, 0.29) is 4.90 Å². The number of fused-ring (bicyclic) bond motifs is 2. The molecule has 0 bridgehead atoms. The fourth-order valence-electron chi connectivity index (χ4n) is 4.06. The molecular weight excluding hydrogens is 392 g/mol. The molecule has 0 radical (unpaired) electrons. The van der Waals surface area contributed by atoms with E-state index in [1.807, 2.05) is 103 Å². The van der Waals surface area contributed by atoms with Gasteiger partial charge in [-0.05, 0) is 50.9 Å². The first kappa shape index (κ1) is 18.6. The van der Waals surface area contributed by atoms with E-state index in [4.69, 9.17) is 0 Å². The molecule has 0 aliphatic heterocycles. The van der Waals surface area contributed by atoms with E-state index < -0.39 is 10.1 Å². The van der Waals surface area contributed by atoms with Gasteiger partial charge in [0.1, 0.15) is 10.1 Å². The molecule has 0 fully saturated rings. The maximum absolute atomic E-state index is 12.6. The summed E-state index contributed by atoms with van der Waals surface area (Å²) in [7, 11) is -4.76. The highest BCUT2D eigenvalue weighted by Gasteiger charge is 2.21. The molecule has 5 aromatic rings. The molecule has 5 rings (SSSR count). The maximum atomic E-state index is 12.6. The molecule has 0 atom stereocenters. The van der Waals surface area contributed by atoms with Crippen LogP contribution in [0.25, 0.3) is 43.8 Å². The molecule has 3 nitrogen and oxygen atoms in total. The van der Waals surface area contributed by atoms with Gasteiger partial charge in [0.05, 0.1) is 4.90 Å². The lowest BCUT2D eigenvalue weighted by Crippen LogP contribution is -2.05. The molecule has 5 aromatic carbocycles. The lowest BCUT2D eigenvalue weighted by Gasteiger charge is -2.21. The van der Waals surface area contributed by atoms with Gasteiger partial charge < -0.3 is 4.55 Å². The van der Waals surface area contributed by atoms with E-state index in [0.29, 0.717) is 22.3 Å². The van der Waals surface area contributed by atoms with Crippen molar-refractivity contribution in [2.24, 2.45) is 0 Å². The summed E-state index contributed by atoms with van der Waals surface area (Å²) in [6.07, 6.45) is 0. The zero-order chi connectivity index (χ0) is 20.7. The van der Waals surface area contributed by atoms with Gasteiger partial charge in [0.2, 0.25) is 0 Å². The standard InChI is InChI=1S/C26H18O3S/c27-30(28,29)26-24(18-9-3-1-4-10-18)17-22-15-20-13-7-8-14-21(20)16-23(22)25(26)19-11-5-2-6-12-19/h1-17H,(H,27,28,29)/p-1. The first-order valence-corrected chi connectivity index (χ1v) is 11.0. The van der Waals surface area contributed by atoms with E-state index in [9.17, 15) is 13.0 Å². The van der Waals surface area contributed by atoms with Crippen LogP contribution in [0.5, 0.6) is 0 Å². The third-order valence-corrected chi connectivity index (χ3v) is 6.28. The van der Waals surface area contributed by atoms with E-state index in [1.54, 1.807) is 0 Å². The fourth-order valence-corrected chi connectivity index (χ4v) is 4.98. The Bertz CT molecular complexity index is 1490. The topological polar surface area (TPSA) is 57.2 Å². The second-order valence-corrected chi connectivity index (χ2v) is 8.55. The molecule has 0 heterocycles. The summed E-state index contributed by atoms with van der Waals surface area (Å²) in [5, 5.41) is 3.68. The Balaban J connectivity index is 2.03. The molecule has 30 heavy (non-hydrogen) atoms. The van der Waals surface area contributed by atoms with Crippen molar-refractivity contribution in [1.82, 2.24) is 0 Å². The summed E-state index contributed by atoms with van der Waals surface area (Å²) in [5.41, 5.74) is 2.27. The average molecular weight is 409 g/mol. The van der Waals surface area contributed by atoms with E-state index in [2.05, 4.69) is 0 Å². The Morgan fingerprint density at radius 2 is 1.10 bits per heavy atom. The number of hydrogen-bond acceptors (Lipinski definition) is 3. The van der Waals surface area contributed by atoms with Crippen molar-refractivity contribution in [2.75, 3.05) is 0 Å². The van der Waals surface area contributed by atoms with Crippen molar-refractivity contribution in [1.29, 1.82) is 0 Å². The molecule has 146 valence electrons. The maximum Gasteiger partial charge on any atom is 0.125 e. The van der Waals surface area contributed by atoms with Crippen LogP contribution >= 0.6 is 0 Å². The SMILES string of the molecule is O=S(=O)([O-])c1c(-c2ccccc2)cc2cc3ccccc3cc2c1-c1ccccc1. The number of benzene rings is 5. The molecule has 0 saturated heterocycles. The molecule has 0 amide bonds. The highest BCUT2D eigenvalue weighted by atomic mass is 32.2. The Morgan fingerprint density at radius 3 is 1.70 bits per heavy atom. The largest absolute Gasteiger partial charge is 0.744 e. The van der Waals surface area contributed by atoms with Crippen LogP contribution < -0.4 is 0 Å². The van der Waals surface area contributed by atoms with Crippen LogP contribution in [0.3, 0.4) is 0 Å². The van der Waals surface area contributed by atoms with Gasteiger partial charge in [0, 0.05) is 11.1 Å². The number of rotatable bonds is 3. The van der Waals surface area contributed by atoms with Crippen molar-refractivity contribution in [3.63, 3.8) is 0 Å². The Morgan fingerprint density at radius 1 is 0.567 bits per heavy atom. The van der Waals surface area contributed by atoms with Crippen LogP contribution in [-0.4, -0.2) is 13.0 Å². The first-order chi connectivity index (χ1) is 14.5. The minimum atomic E-state index is -4.76. The molecule has 0 aliphatic rings. The van der Waals surface area contributed by atoms with Crippen molar-refractivity contribution in [2.45, 2.75) is 4.90 Å². The quantitative estimate of drug-likeness (QED) is 0.262. The predicted octanol–water partition coefficient (Wildman–Crippen LogP) is 6.23. The molecule has 0 aliphatic carbocycles. The Hall–Kier alpha value is -3.47. The van der Waals surface area contributed by atoms with Gasteiger partial charge in [0.15, 0.2) is 0 Å². The van der Waals surface area contributed by atoms with Gasteiger partial charge in [-0.25, -0.2) is 8.42 Å². The zero-order valence-corrected chi connectivity index (χ0v) is 16.8. The zero-order valence-electron chi connectivity index (χ0n) is 15.9. The molecule has 0 aromatic heterocycles.